The third-order valence-corrected chi connectivity index (χ3v) is 4.37. The van der Waals surface area contributed by atoms with E-state index in [2.05, 4.69) is 17.2 Å². The summed E-state index contributed by atoms with van der Waals surface area (Å²) in [6.45, 7) is 3.56. The van der Waals surface area contributed by atoms with Gasteiger partial charge in [-0.3, -0.25) is 4.79 Å². The predicted molar refractivity (Wildman–Crippen MR) is 89.8 cm³/mol. The number of hydrogen-bond acceptors (Lipinski definition) is 4. The number of thiazole rings is 1. The van der Waals surface area contributed by atoms with Gasteiger partial charge in [-0.25, -0.2) is 4.98 Å². The lowest BCUT2D eigenvalue weighted by atomic mass is 10.1. The van der Waals surface area contributed by atoms with E-state index in [0.29, 0.717) is 12.2 Å². The van der Waals surface area contributed by atoms with Gasteiger partial charge in [0.1, 0.15) is 5.69 Å². The van der Waals surface area contributed by atoms with E-state index in [1.807, 2.05) is 5.38 Å². The first-order chi connectivity index (χ1) is 10.3. The third-order valence-electron chi connectivity index (χ3n) is 3.46. The number of carbonyl (C=O) groups excluding carboxylic acids is 1. The van der Waals surface area contributed by atoms with E-state index in [0.717, 1.165) is 24.4 Å². The fraction of sp³-hybridized carbons (Fsp3) is 0.750. The minimum absolute atomic E-state index is 0.0579. The van der Waals surface area contributed by atoms with Crippen LogP contribution in [-0.2, 0) is 6.42 Å². The van der Waals surface area contributed by atoms with Gasteiger partial charge in [0, 0.05) is 18.3 Å². The lowest BCUT2D eigenvalue weighted by Crippen LogP contribution is -2.24. The molecule has 0 aliphatic heterocycles. The van der Waals surface area contributed by atoms with Crippen LogP contribution in [0.5, 0.6) is 0 Å². The SMILES string of the molecule is CCCCCCCCCCNC(=O)c1csc(CCN)n1. The Balaban J connectivity index is 2.02. The molecule has 1 amide bonds. The second-order valence-corrected chi connectivity index (χ2v) is 6.34. The highest BCUT2D eigenvalue weighted by atomic mass is 32.1. The van der Waals surface area contributed by atoms with Gasteiger partial charge in [-0.15, -0.1) is 11.3 Å². The number of unbranched alkanes of at least 4 members (excludes halogenated alkanes) is 7. The normalized spacial score (nSPS) is 10.8. The number of nitrogens with zero attached hydrogens (tertiary/aromatic N) is 1. The Morgan fingerprint density at radius 3 is 2.52 bits per heavy atom. The van der Waals surface area contributed by atoms with Crippen LogP contribution in [0.2, 0.25) is 0 Å². The molecule has 120 valence electrons. The first-order valence-corrected chi connectivity index (χ1v) is 9.08. The zero-order valence-electron chi connectivity index (χ0n) is 13.2. The van der Waals surface area contributed by atoms with Crippen molar-refractivity contribution in [1.29, 1.82) is 0 Å². The van der Waals surface area contributed by atoms with Crippen LogP contribution in [0.25, 0.3) is 0 Å². The molecule has 3 N–H and O–H groups in total. The Morgan fingerprint density at radius 1 is 1.19 bits per heavy atom. The summed E-state index contributed by atoms with van der Waals surface area (Å²) < 4.78 is 0. The van der Waals surface area contributed by atoms with Crippen LogP contribution in [0.1, 0.15) is 73.8 Å². The molecule has 0 unspecified atom stereocenters. The molecular formula is C16H29N3OS. The van der Waals surface area contributed by atoms with Crippen molar-refractivity contribution >= 4 is 17.2 Å². The third kappa shape index (κ3) is 8.17. The molecule has 0 fully saturated rings. The van der Waals surface area contributed by atoms with Gasteiger partial charge in [0.05, 0.1) is 5.01 Å². The van der Waals surface area contributed by atoms with Crippen molar-refractivity contribution in [2.24, 2.45) is 5.73 Å². The molecular weight excluding hydrogens is 282 g/mol. The van der Waals surface area contributed by atoms with Crippen molar-refractivity contribution < 1.29 is 4.79 Å². The van der Waals surface area contributed by atoms with Crippen LogP contribution < -0.4 is 11.1 Å². The Kier molecular flexibility index (Phi) is 10.1. The first-order valence-electron chi connectivity index (χ1n) is 8.20. The number of carbonyl (C=O) groups is 1. The van der Waals surface area contributed by atoms with Gasteiger partial charge in [-0.1, -0.05) is 51.9 Å². The minimum Gasteiger partial charge on any atom is -0.351 e. The van der Waals surface area contributed by atoms with E-state index < -0.39 is 0 Å². The van der Waals surface area contributed by atoms with Crippen LogP contribution in [0, 0.1) is 0 Å². The molecule has 0 aliphatic rings. The molecule has 0 bridgehead atoms. The summed E-state index contributed by atoms with van der Waals surface area (Å²) >= 11 is 1.51. The lowest BCUT2D eigenvalue weighted by molar-refractivity contribution is 0.0948. The zero-order chi connectivity index (χ0) is 15.3. The topological polar surface area (TPSA) is 68.0 Å². The second kappa shape index (κ2) is 11.7. The van der Waals surface area contributed by atoms with E-state index in [9.17, 15) is 4.79 Å². The summed E-state index contributed by atoms with van der Waals surface area (Å²) in [7, 11) is 0. The monoisotopic (exact) mass is 311 g/mol. The Bertz CT molecular complexity index is 393. The molecule has 0 atom stereocenters. The van der Waals surface area contributed by atoms with Crippen LogP contribution in [0.4, 0.5) is 0 Å². The van der Waals surface area contributed by atoms with Gasteiger partial charge in [0.2, 0.25) is 0 Å². The molecule has 0 saturated carbocycles. The highest BCUT2D eigenvalue weighted by Gasteiger charge is 2.09. The molecule has 21 heavy (non-hydrogen) atoms. The number of nitrogens with one attached hydrogen (secondary N) is 1. The van der Waals surface area contributed by atoms with Gasteiger partial charge in [-0.05, 0) is 13.0 Å². The summed E-state index contributed by atoms with van der Waals surface area (Å²) in [5, 5.41) is 5.69. The molecule has 1 aromatic heterocycles. The smallest absolute Gasteiger partial charge is 0.270 e. The summed E-state index contributed by atoms with van der Waals surface area (Å²) in [6.07, 6.45) is 11.0. The molecule has 0 radical (unpaired) electrons. The summed E-state index contributed by atoms with van der Waals surface area (Å²) in [4.78, 5) is 16.2. The number of hydrogen-bond donors (Lipinski definition) is 2. The van der Waals surface area contributed by atoms with E-state index >= 15 is 0 Å². The molecule has 1 heterocycles. The van der Waals surface area contributed by atoms with Gasteiger partial charge in [0.25, 0.3) is 5.91 Å². The van der Waals surface area contributed by atoms with Gasteiger partial charge < -0.3 is 11.1 Å². The fourth-order valence-corrected chi connectivity index (χ4v) is 3.00. The van der Waals surface area contributed by atoms with Crippen molar-refractivity contribution in [3.8, 4) is 0 Å². The van der Waals surface area contributed by atoms with Crippen LogP contribution in [-0.4, -0.2) is 24.0 Å². The fourth-order valence-electron chi connectivity index (χ4n) is 2.20. The maximum absolute atomic E-state index is 11.9. The number of aromatic nitrogens is 1. The van der Waals surface area contributed by atoms with Crippen LogP contribution in [0.15, 0.2) is 5.38 Å². The summed E-state index contributed by atoms with van der Waals surface area (Å²) in [6, 6.07) is 0. The molecule has 1 rings (SSSR count). The highest BCUT2D eigenvalue weighted by Crippen LogP contribution is 2.10. The average Bonchev–Trinajstić information content (AvgIpc) is 2.94. The van der Waals surface area contributed by atoms with Crippen molar-refractivity contribution in [3.05, 3.63) is 16.1 Å². The predicted octanol–water partition coefficient (Wildman–Crippen LogP) is 3.51. The van der Waals surface area contributed by atoms with Crippen LogP contribution in [0.3, 0.4) is 0 Å². The molecule has 0 spiro atoms. The van der Waals surface area contributed by atoms with E-state index in [4.69, 9.17) is 5.73 Å². The maximum atomic E-state index is 11.9. The molecule has 0 aromatic carbocycles. The number of nitrogens with two attached hydrogens (primary N) is 1. The molecule has 0 aliphatic carbocycles. The van der Waals surface area contributed by atoms with Crippen LogP contribution >= 0.6 is 11.3 Å². The maximum Gasteiger partial charge on any atom is 0.270 e. The van der Waals surface area contributed by atoms with E-state index in [1.54, 1.807) is 0 Å². The Hall–Kier alpha value is -0.940. The van der Waals surface area contributed by atoms with Crippen molar-refractivity contribution in [2.45, 2.75) is 64.7 Å². The Labute approximate surface area is 132 Å². The summed E-state index contributed by atoms with van der Waals surface area (Å²) in [5.74, 6) is -0.0579. The molecule has 1 aromatic rings. The first kappa shape index (κ1) is 18.1. The van der Waals surface area contributed by atoms with Gasteiger partial charge in [-0.2, -0.15) is 0 Å². The van der Waals surface area contributed by atoms with Crippen molar-refractivity contribution in [2.75, 3.05) is 13.1 Å². The van der Waals surface area contributed by atoms with Gasteiger partial charge >= 0.3 is 0 Å². The average molecular weight is 311 g/mol. The van der Waals surface area contributed by atoms with E-state index in [1.165, 1.54) is 56.3 Å². The van der Waals surface area contributed by atoms with Crippen molar-refractivity contribution in [3.63, 3.8) is 0 Å². The number of rotatable bonds is 12. The standard InChI is InChI=1S/C16H29N3OS/c1-2-3-4-5-6-7-8-9-12-18-16(20)14-13-21-15(19-14)10-11-17/h13H,2-12,17H2,1H3,(H,18,20). The largest absolute Gasteiger partial charge is 0.351 e. The Morgan fingerprint density at radius 2 is 1.86 bits per heavy atom. The molecule has 0 saturated heterocycles. The number of amides is 1. The summed E-state index contributed by atoms with van der Waals surface area (Å²) in [5.41, 5.74) is 6.01. The highest BCUT2D eigenvalue weighted by molar-refractivity contribution is 7.09. The minimum atomic E-state index is -0.0579. The molecule has 4 nitrogen and oxygen atoms in total. The van der Waals surface area contributed by atoms with Gasteiger partial charge in [0.15, 0.2) is 0 Å². The quantitative estimate of drug-likeness (QED) is 0.580. The van der Waals surface area contributed by atoms with E-state index in [-0.39, 0.29) is 5.91 Å². The lowest BCUT2D eigenvalue weighted by Gasteiger charge is -2.03. The van der Waals surface area contributed by atoms with Crippen molar-refractivity contribution in [1.82, 2.24) is 10.3 Å². The molecule has 5 heteroatoms. The zero-order valence-corrected chi connectivity index (χ0v) is 14.0. The second-order valence-electron chi connectivity index (χ2n) is 5.40.